The van der Waals surface area contributed by atoms with Crippen molar-refractivity contribution < 1.29 is 23.4 Å². The van der Waals surface area contributed by atoms with Crippen LogP contribution in [0.25, 0.3) is 6.08 Å². The third-order valence-corrected chi connectivity index (χ3v) is 5.61. The van der Waals surface area contributed by atoms with Gasteiger partial charge in [0.1, 0.15) is 23.9 Å². The summed E-state index contributed by atoms with van der Waals surface area (Å²) in [4.78, 5) is 16.6. The summed E-state index contributed by atoms with van der Waals surface area (Å²) in [6.45, 7) is 3.19. The SMILES string of the molecule is Cc1nc(COc2cccc(C=CC(=O)NCCc3cc(F)cc4c3OCOC4)c2)cs1. The number of amides is 1. The molecule has 1 aliphatic rings. The molecule has 0 aliphatic carbocycles. The van der Waals surface area contributed by atoms with Crippen LogP contribution in [-0.4, -0.2) is 24.2 Å². The monoisotopic (exact) mass is 454 g/mol. The zero-order valence-corrected chi connectivity index (χ0v) is 18.4. The Kier molecular flexibility index (Phi) is 7.14. The first kappa shape index (κ1) is 22.0. The molecular formula is C24H23FN2O4S. The van der Waals surface area contributed by atoms with Crippen molar-refractivity contribution in [2.45, 2.75) is 26.6 Å². The number of ether oxygens (including phenoxy) is 3. The van der Waals surface area contributed by atoms with Crippen LogP contribution in [0.3, 0.4) is 0 Å². The van der Waals surface area contributed by atoms with Crippen molar-refractivity contribution in [3.63, 3.8) is 0 Å². The van der Waals surface area contributed by atoms with Gasteiger partial charge in [-0.1, -0.05) is 12.1 Å². The molecule has 4 rings (SSSR count). The highest BCUT2D eigenvalue weighted by Gasteiger charge is 2.16. The molecule has 0 saturated heterocycles. The van der Waals surface area contributed by atoms with E-state index in [1.54, 1.807) is 17.4 Å². The second kappa shape index (κ2) is 10.4. The molecule has 0 atom stereocenters. The van der Waals surface area contributed by atoms with Crippen LogP contribution in [-0.2, 0) is 29.2 Å². The third-order valence-electron chi connectivity index (χ3n) is 4.78. The Morgan fingerprint density at radius 2 is 2.25 bits per heavy atom. The number of hydrogen-bond donors (Lipinski definition) is 1. The molecule has 2 heterocycles. The van der Waals surface area contributed by atoms with Gasteiger partial charge in [-0.3, -0.25) is 4.79 Å². The number of nitrogens with zero attached hydrogens (tertiary/aromatic N) is 1. The van der Waals surface area contributed by atoms with Crippen LogP contribution in [0.2, 0.25) is 0 Å². The van der Waals surface area contributed by atoms with E-state index < -0.39 is 0 Å². The van der Waals surface area contributed by atoms with E-state index in [4.69, 9.17) is 14.2 Å². The highest BCUT2D eigenvalue weighted by Crippen LogP contribution is 2.29. The Labute approximate surface area is 189 Å². The van der Waals surface area contributed by atoms with E-state index in [0.717, 1.165) is 16.3 Å². The second-order valence-electron chi connectivity index (χ2n) is 7.26. The van der Waals surface area contributed by atoms with Crippen LogP contribution in [0.1, 0.15) is 27.4 Å². The second-order valence-corrected chi connectivity index (χ2v) is 8.32. The number of fused-ring (bicyclic) bond motifs is 1. The average molecular weight is 455 g/mol. The van der Waals surface area contributed by atoms with Gasteiger partial charge in [-0.05, 0) is 54.8 Å². The standard InChI is InChI=1S/C24H23FN2O4S/c1-16-27-21(14-32-16)13-30-22-4-2-3-17(9-22)5-6-23(28)26-8-7-18-10-20(25)11-19-12-29-15-31-24(18)19/h2-6,9-11,14H,7-8,12-13,15H2,1H3,(H,26,28). The Morgan fingerprint density at radius 1 is 1.34 bits per heavy atom. The molecule has 0 bridgehead atoms. The van der Waals surface area contributed by atoms with Crippen molar-refractivity contribution in [2.24, 2.45) is 0 Å². The summed E-state index contributed by atoms with van der Waals surface area (Å²) in [6.07, 6.45) is 3.65. The molecule has 3 aromatic rings. The van der Waals surface area contributed by atoms with Crippen LogP contribution >= 0.6 is 11.3 Å². The molecule has 1 aliphatic heterocycles. The van der Waals surface area contributed by atoms with E-state index in [1.807, 2.05) is 36.6 Å². The minimum atomic E-state index is -0.342. The van der Waals surface area contributed by atoms with Crippen molar-refractivity contribution in [3.05, 3.63) is 81.1 Å². The number of rotatable bonds is 8. The number of aryl methyl sites for hydroxylation is 1. The third kappa shape index (κ3) is 5.93. The lowest BCUT2D eigenvalue weighted by Gasteiger charge is -2.20. The van der Waals surface area contributed by atoms with Gasteiger partial charge in [0.15, 0.2) is 6.79 Å². The lowest BCUT2D eigenvalue weighted by Crippen LogP contribution is -2.24. The zero-order valence-electron chi connectivity index (χ0n) is 17.6. The van der Waals surface area contributed by atoms with Gasteiger partial charge < -0.3 is 19.5 Å². The van der Waals surface area contributed by atoms with Crippen molar-refractivity contribution in [1.29, 1.82) is 0 Å². The molecule has 0 unspecified atom stereocenters. The molecule has 0 saturated carbocycles. The Hall–Kier alpha value is -3.23. The van der Waals surface area contributed by atoms with Crippen LogP contribution in [0, 0.1) is 12.7 Å². The van der Waals surface area contributed by atoms with Gasteiger partial charge in [-0.25, -0.2) is 9.37 Å². The number of aromatic nitrogens is 1. The predicted molar refractivity (Wildman–Crippen MR) is 120 cm³/mol. The fourth-order valence-electron chi connectivity index (χ4n) is 3.33. The van der Waals surface area contributed by atoms with Gasteiger partial charge in [0, 0.05) is 23.6 Å². The van der Waals surface area contributed by atoms with Gasteiger partial charge >= 0.3 is 0 Å². The molecule has 1 aromatic heterocycles. The fourth-order valence-corrected chi connectivity index (χ4v) is 3.93. The number of benzene rings is 2. The molecule has 166 valence electrons. The molecule has 1 N–H and O–H groups in total. The van der Waals surface area contributed by atoms with Crippen LogP contribution in [0.5, 0.6) is 11.5 Å². The number of halogens is 1. The maximum atomic E-state index is 13.8. The van der Waals surface area contributed by atoms with E-state index in [0.29, 0.717) is 48.8 Å². The number of carbonyl (C=O) groups is 1. The quantitative estimate of drug-likeness (QED) is 0.511. The van der Waals surface area contributed by atoms with Crippen LogP contribution in [0.15, 0.2) is 47.9 Å². The number of carbonyl (C=O) groups excluding carboxylic acids is 1. The van der Waals surface area contributed by atoms with Gasteiger partial charge in [0.05, 0.1) is 17.3 Å². The van der Waals surface area contributed by atoms with Gasteiger partial charge in [0.2, 0.25) is 5.91 Å². The van der Waals surface area contributed by atoms with Gasteiger partial charge in [-0.2, -0.15) is 0 Å². The summed E-state index contributed by atoms with van der Waals surface area (Å²) in [7, 11) is 0. The lowest BCUT2D eigenvalue weighted by atomic mass is 10.1. The summed E-state index contributed by atoms with van der Waals surface area (Å²) in [5, 5.41) is 5.80. The Balaban J connectivity index is 1.28. The average Bonchev–Trinajstić information content (AvgIpc) is 3.21. The lowest BCUT2D eigenvalue weighted by molar-refractivity contribution is -0.116. The van der Waals surface area contributed by atoms with Gasteiger partial charge in [0.25, 0.3) is 0 Å². The summed E-state index contributed by atoms with van der Waals surface area (Å²) in [5.74, 6) is 0.778. The normalized spacial score (nSPS) is 12.9. The highest BCUT2D eigenvalue weighted by molar-refractivity contribution is 7.09. The predicted octanol–water partition coefficient (Wildman–Crippen LogP) is 4.41. The minimum absolute atomic E-state index is 0.146. The van der Waals surface area contributed by atoms with Crippen molar-refractivity contribution >= 4 is 23.3 Å². The molecule has 0 radical (unpaired) electrons. The smallest absolute Gasteiger partial charge is 0.244 e. The number of nitrogens with one attached hydrogen (secondary N) is 1. The van der Waals surface area contributed by atoms with E-state index in [2.05, 4.69) is 10.3 Å². The molecule has 8 heteroatoms. The maximum Gasteiger partial charge on any atom is 0.244 e. The van der Waals surface area contributed by atoms with E-state index in [9.17, 15) is 9.18 Å². The Morgan fingerprint density at radius 3 is 3.09 bits per heavy atom. The van der Waals surface area contributed by atoms with E-state index in [-0.39, 0.29) is 18.5 Å². The first-order chi connectivity index (χ1) is 15.6. The van der Waals surface area contributed by atoms with Crippen molar-refractivity contribution in [2.75, 3.05) is 13.3 Å². The van der Waals surface area contributed by atoms with Crippen LogP contribution in [0.4, 0.5) is 4.39 Å². The molecular weight excluding hydrogens is 431 g/mol. The summed E-state index contributed by atoms with van der Waals surface area (Å²) in [6, 6.07) is 10.3. The largest absolute Gasteiger partial charge is 0.487 e. The molecule has 0 spiro atoms. The summed E-state index contributed by atoms with van der Waals surface area (Å²) < 4.78 is 30.3. The molecule has 2 aromatic carbocycles. The first-order valence-corrected chi connectivity index (χ1v) is 11.1. The molecule has 0 fully saturated rings. The molecule has 32 heavy (non-hydrogen) atoms. The maximum absolute atomic E-state index is 13.8. The summed E-state index contributed by atoms with van der Waals surface area (Å²) in [5.41, 5.74) is 3.14. The van der Waals surface area contributed by atoms with Crippen molar-refractivity contribution in [3.8, 4) is 11.5 Å². The highest BCUT2D eigenvalue weighted by atomic mass is 32.1. The molecule has 6 nitrogen and oxygen atoms in total. The van der Waals surface area contributed by atoms with Crippen LogP contribution < -0.4 is 14.8 Å². The topological polar surface area (TPSA) is 69.7 Å². The fraction of sp³-hybridized carbons (Fsp3) is 0.250. The first-order valence-electron chi connectivity index (χ1n) is 10.2. The minimum Gasteiger partial charge on any atom is -0.487 e. The van der Waals surface area contributed by atoms with E-state index in [1.165, 1.54) is 18.2 Å². The Bertz CT molecular complexity index is 1130. The zero-order chi connectivity index (χ0) is 22.3. The number of hydrogen-bond acceptors (Lipinski definition) is 6. The van der Waals surface area contributed by atoms with Crippen molar-refractivity contribution in [1.82, 2.24) is 10.3 Å². The summed E-state index contributed by atoms with van der Waals surface area (Å²) >= 11 is 1.59. The van der Waals surface area contributed by atoms with E-state index >= 15 is 0 Å². The molecule has 1 amide bonds. The number of thiazole rings is 1. The van der Waals surface area contributed by atoms with Gasteiger partial charge in [-0.15, -0.1) is 11.3 Å².